The predicted molar refractivity (Wildman–Crippen MR) is 92.5 cm³/mol. The minimum Gasteiger partial charge on any atom is -0.324 e. The van der Waals surface area contributed by atoms with E-state index in [1.165, 1.54) is 11.8 Å². The van der Waals surface area contributed by atoms with Gasteiger partial charge in [0.25, 0.3) is 5.91 Å². The Morgan fingerprint density at radius 3 is 2.86 bits per heavy atom. The molecule has 6 heteroatoms. The van der Waals surface area contributed by atoms with Gasteiger partial charge in [0.1, 0.15) is 0 Å². The van der Waals surface area contributed by atoms with Crippen LogP contribution in [0.2, 0.25) is 0 Å². The van der Waals surface area contributed by atoms with Gasteiger partial charge in [-0.2, -0.15) is 0 Å². The van der Waals surface area contributed by atoms with Gasteiger partial charge in [0, 0.05) is 20.6 Å². The van der Waals surface area contributed by atoms with Crippen LogP contribution in [0.1, 0.15) is 17.3 Å². The molecular formula is C16H13BrN2O2S. The van der Waals surface area contributed by atoms with E-state index >= 15 is 0 Å². The van der Waals surface area contributed by atoms with Crippen LogP contribution in [0.15, 0.2) is 51.8 Å². The van der Waals surface area contributed by atoms with Crippen LogP contribution in [0.4, 0.5) is 11.4 Å². The van der Waals surface area contributed by atoms with Crippen LogP contribution in [0.5, 0.6) is 0 Å². The molecule has 4 nitrogen and oxygen atoms in total. The van der Waals surface area contributed by atoms with Gasteiger partial charge in [-0.05, 0) is 43.3 Å². The molecule has 0 saturated carbocycles. The second-order valence-electron chi connectivity index (χ2n) is 4.92. The van der Waals surface area contributed by atoms with Crippen LogP contribution in [0.25, 0.3) is 0 Å². The van der Waals surface area contributed by atoms with E-state index < -0.39 is 0 Å². The largest absolute Gasteiger partial charge is 0.324 e. The summed E-state index contributed by atoms with van der Waals surface area (Å²) in [6.07, 6.45) is 0. The number of benzene rings is 2. The monoisotopic (exact) mass is 376 g/mol. The molecule has 0 fully saturated rings. The van der Waals surface area contributed by atoms with Gasteiger partial charge < -0.3 is 10.6 Å². The fourth-order valence-electron chi connectivity index (χ4n) is 2.12. The first kappa shape index (κ1) is 15.1. The number of hydrogen-bond acceptors (Lipinski definition) is 3. The summed E-state index contributed by atoms with van der Waals surface area (Å²) in [6, 6.07) is 12.7. The molecule has 0 saturated heterocycles. The highest BCUT2D eigenvalue weighted by Crippen LogP contribution is 2.36. The van der Waals surface area contributed by atoms with Gasteiger partial charge in [0.15, 0.2) is 0 Å². The second-order valence-corrected chi connectivity index (χ2v) is 7.22. The van der Waals surface area contributed by atoms with Crippen LogP contribution in [0.3, 0.4) is 0 Å². The topological polar surface area (TPSA) is 58.2 Å². The molecule has 2 amide bonds. The van der Waals surface area contributed by atoms with Crippen LogP contribution in [0, 0.1) is 0 Å². The van der Waals surface area contributed by atoms with Crippen molar-refractivity contribution in [3.63, 3.8) is 0 Å². The zero-order valence-electron chi connectivity index (χ0n) is 11.7. The first-order chi connectivity index (χ1) is 10.5. The zero-order valence-corrected chi connectivity index (χ0v) is 14.1. The maximum Gasteiger partial charge on any atom is 0.255 e. The van der Waals surface area contributed by atoms with E-state index in [2.05, 4.69) is 26.6 Å². The molecule has 1 aliphatic rings. The molecule has 0 aliphatic carbocycles. The molecule has 0 spiro atoms. The molecule has 2 aromatic carbocycles. The molecule has 1 aliphatic heterocycles. The molecule has 22 heavy (non-hydrogen) atoms. The Hall–Kier alpha value is -1.79. The number of carbonyl (C=O) groups is 2. The van der Waals surface area contributed by atoms with Crippen LogP contribution < -0.4 is 10.6 Å². The summed E-state index contributed by atoms with van der Waals surface area (Å²) in [7, 11) is 0. The molecule has 112 valence electrons. The predicted octanol–water partition coefficient (Wildman–Crippen LogP) is 4.13. The van der Waals surface area contributed by atoms with Crippen molar-refractivity contribution in [2.45, 2.75) is 17.1 Å². The van der Waals surface area contributed by atoms with Gasteiger partial charge in [0.2, 0.25) is 5.91 Å². The summed E-state index contributed by atoms with van der Waals surface area (Å²) in [6.45, 7) is 1.86. The maximum atomic E-state index is 12.3. The van der Waals surface area contributed by atoms with Gasteiger partial charge in [-0.1, -0.05) is 22.0 Å². The second kappa shape index (κ2) is 6.14. The number of fused-ring (bicyclic) bond motifs is 1. The maximum absolute atomic E-state index is 12.3. The third-order valence-electron chi connectivity index (χ3n) is 3.26. The number of carbonyl (C=O) groups excluding carboxylic acids is 2. The first-order valence-electron chi connectivity index (χ1n) is 6.71. The fourth-order valence-corrected chi connectivity index (χ4v) is 3.45. The Kier molecular flexibility index (Phi) is 4.22. The number of rotatable bonds is 2. The molecule has 1 heterocycles. The van der Waals surface area contributed by atoms with E-state index in [4.69, 9.17) is 0 Å². The van der Waals surface area contributed by atoms with Crippen molar-refractivity contribution in [1.82, 2.24) is 0 Å². The summed E-state index contributed by atoms with van der Waals surface area (Å²) in [5, 5.41) is 5.55. The van der Waals surface area contributed by atoms with Crippen molar-refractivity contribution in [1.29, 1.82) is 0 Å². The lowest BCUT2D eigenvalue weighted by atomic mass is 10.1. The van der Waals surface area contributed by atoms with Crippen molar-refractivity contribution in [2.24, 2.45) is 0 Å². The van der Waals surface area contributed by atoms with Crippen molar-refractivity contribution >= 4 is 50.9 Å². The zero-order chi connectivity index (χ0) is 15.7. The minimum absolute atomic E-state index is 0.0398. The van der Waals surface area contributed by atoms with E-state index in [0.717, 1.165) is 9.37 Å². The van der Waals surface area contributed by atoms with E-state index in [0.29, 0.717) is 16.9 Å². The quantitative estimate of drug-likeness (QED) is 0.827. The van der Waals surface area contributed by atoms with E-state index in [-0.39, 0.29) is 17.1 Å². The van der Waals surface area contributed by atoms with Gasteiger partial charge in [-0.15, -0.1) is 11.8 Å². The molecule has 0 bridgehead atoms. The SMILES string of the molecule is CC1Sc2ccc(C(=O)Nc3cccc(Br)c3)cc2NC1=O. The van der Waals surface area contributed by atoms with Crippen LogP contribution in [-0.2, 0) is 4.79 Å². The standard InChI is InChI=1S/C16H13BrN2O2S/c1-9-15(20)19-13-7-10(5-6-14(13)22-9)16(21)18-12-4-2-3-11(17)8-12/h2-9H,1H3,(H,18,21)(H,19,20). The Bertz CT molecular complexity index is 764. The number of nitrogens with one attached hydrogen (secondary N) is 2. The summed E-state index contributed by atoms with van der Waals surface area (Å²) < 4.78 is 0.897. The van der Waals surface area contributed by atoms with Gasteiger partial charge in [-0.3, -0.25) is 9.59 Å². The average Bonchev–Trinajstić information content (AvgIpc) is 2.48. The summed E-state index contributed by atoms with van der Waals surface area (Å²) in [5.41, 5.74) is 1.91. The van der Waals surface area contributed by atoms with E-state index in [1.807, 2.05) is 37.3 Å². The highest BCUT2D eigenvalue weighted by atomic mass is 79.9. The highest BCUT2D eigenvalue weighted by Gasteiger charge is 2.23. The molecule has 2 N–H and O–H groups in total. The Morgan fingerprint density at radius 2 is 2.09 bits per heavy atom. The van der Waals surface area contributed by atoms with E-state index in [1.54, 1.807) is 12.1 Å². The lowest BCUT2D eigenvalue weighted by Crippen LogP contribution is -2.26. The van der Waals surface area contributed by atoms with Gasteiger partial charge in [-0.25, -0.2) is 0 Å². The lowest BCUT2D eigenvalue weighted by molar-refractivity contribution is -0.115. The number of thioether (sulfide) groups is 1. The Morgan fingerprint density at radius 1 is 1.27 bits per heavy atom. The summed E-state index contributed by atoms with van der Waals surface area (Å²) in [4.78, 5) is 25.0. The van der Waals surface area contributed by atoms with Crippen molar-refractivity contribution in [3.05, 3.63) is 52.5 Å². The highest BCUT2D eigenvalue weighted by molar-refractivity contribution is 9.10. The van der Waals surface area contributed by atoms with Crippen LogP contribution in [-0.4, -0.2) is 17.1 Å². The molecule has 3 rings (SSSR count). The minimum atomic E-state index is -0.209. The molecule has 1 unspecified atom stereocenters. The van der Waals surface area contributed by atoms with Gasteiger partial charge in [0.05, 0.1) is 10.9 Å². The molecule has 0 aromatic heterocycles. The molecule has 1 atom stereocenters. The van der Waals surface area contributed by atoms with E-state index in [9.17, 15) is 9.59 Å². The number of hydrogen-bond donors (Lipinski definition) is 2. The van der Waals surface area contributed by atoms with Crippen molar-refractivity contribution < 1.29 is 9.59 Å². The number of amides is 2. The van der Waals surface area contributed by atoms with Crippen molar-refractivity contribution in [2.75, 3.05) is 10.6 Å². The molecule has 2 aromatic rings. The normalized spacial score (nSPS) is 16.6. The van der Waals surface area contributed by atoms with Crippen molar-refractivity contribution in [3.8, 4) is 0 Å². The summed E-state index contributed by atoms with van der Waals surface area (Å²) in [5.74, 6) is -0.249. The van der Waals surface area contributed by atoms with Crippen LogP contribution >= 0.6 is 27.7 Å². The number of anilines is 2. The first-order valence-corrected chi connectivity index (χ1v) is 8.39. The number of halogens is 1. The summed E-state index contributed by atoms with van der Waals surface area (Å²) >= 11 is 4.86. The fraction of sp³-hybridized carbons (Fsp3) is 0.125. The average molecular weight is 377 g/mol. The third kappa shape index (κ3) is 3.18. The lowest BCUT2D eigenvalue weighted by Gasteiger charge is -2.21. The third-order valence-corrected chi connectivity index (χ3v) is 4.93. The van der Waals surface area contributed by atoms with Gasteiger partial charge >= 0.3 is 0 Å². The Labute approximate surface area is 140 Å². The Balaban J connectivity index is 1.82. The smallest absolute Gasteiger partial charge is 0.255 e. The molecule has 0 radical (unpaired) electrons. The molecular weight excluding hydrogens is 364 g/mol.